The minimum Gasteiger partial charge on any atom is -0.478 e. The summed E-state index contributed by atoms with van der Waals surface area (Å²) in [4.78, 5) is 10.3. The van der Waals surface area contributed by atoms with Crippen molar-refractivity contribution in [2.75, 3.05) is 0 Å². The molecule has 0 fully saturated rings. The second-order valence-corrected chi connectivity index (χ2v) is 3.34. The summed E-state index contributed by atoms with van der Waals surface area (Å²) < 4.78 is 0.660. The molecule has 0 atom stereocenters. The Labute approximate surface area is 89.4 Å². The van der Waals surface area contributed by atoms with Crippen LogP contribution in [-0.2, 0) is 4.79 Å². The van der Waals surface area contributed by atoms with Gasteiger partial charge in [0.1, 0.15) is 6.07 Å². The molecule has 0 heterocycles. The maximum atomic E-state index is 10.3. The predicted octanol–water partition coefficient (Wildman–Crippen LogP) is 2.42. The zero-order valence-corrected chi connectivity index (χ0v) is 8.65. The number of carboxylic acids is 1. The van der Waals surface area contributed by atoms with Crippen LogP contribution in [0.1, 0.15) is 11.1 Å². The highest BCUT2D eigenvalue weighted by Gasteiger charge is 2.02. The van der Waals surface area contributed by atoms with Gasteiger partial charge in [0.2, 0.25) is 0 Å². The number of hydrogen-bond acceptors (Lipinski definition) is 2. The minimum atomic E-state index is -1.03. The Morgan fingerprint density at radius 1 is 1.57 bits per heavy atom. The first kappa shape index (κ1) is 10.5. The maximum Gasteiger partial charge on any atom is 0.328 e. The lowest BCUT2D eigenvalue weighted by molar-refractivity contribution is -0.131. The fourth-order valence-electron chi connectivity index (χ4n) is 0.959. The van der Waals surface area contributed by atoms with E-state index in [1.54, 1.807) is 18.2 Å². The first-order chi connectivity index (χ1) is 6.65. The smallest absolute Gasteiger partial charge is 0.328 e. The first-order valence-corrected chi connectivity index (χ1v) is 4.54. The average molecular weight is 252 g/mol. The zero-order chi connectivity index (χ0) is 10.6. The molecular weight excluding hydrogens is 246 g/mol. The van der Waals surface area contributed by atoms with Crippen LogP contribution < -0.4 is 0 Å². The molecule has 0 aromatic heterocycles. The van der Waals surface area contributed by atoms with Crippen LogP contribution in [0.15, 0.2) is 28.7 Å². The molecule has 0 saturated heterocycles. The molecule has 0 aliphatic rings. The second kappa shape index (κ2) is 4.58. The van der Waals surface area contributed by atoms with E-state index in [-0.39, 0.29) is 0 Å². The molecule has 14 heavy (non-hydrogen) atoms. The molecule has 1 rings (SSSR count). The molecule has 0 unspecified atom stereocenters. The van der Waals surface area contributed by atoms with Crippen molar-refractivity contribution < 1.29 is 9.90 Å². The Morgan fingerprint density at radius 2 is 2.29 bits per heavy atom. The molecule has 1 N–H and O–H groups in total. The predicted molar refractivity (Wildman–Crippen MR) is 55.5 cm³/mol. The van der Waals surface area contributed by atoms with Gasteiger partial charge in [0.15, 0.2) is 0 Å². The molecule has 0 spiro atoms. The van der Waals surface area contributed by atoms with Crippen LogP contribution in [0.4, 0.5) is 0 Å². The van der Waals surface area contributed by atoms with Gasteiger partial charge in [0.05, 0.1) is 5.56 Å². The van der Waals surface area contributed by atoms with Gasteiger partial charge in [0.25, 0.3) is 0 Å². The normalized spacial score (nSPS) is 10.0. The highest BCUT2D eigenvalue weighted by Crippen LogP contribution is 2.20. The van der Waals surface area contributed by atoms with E-state index in [9.17, 15) is 4.79 Å². The molecule has 1 aromatic rings. The van der Waals surface area contributed by atoms with E-state index in [0.717, 1.165) is 6.08 Å². The van der Waals surface area contributed by atoms with Gasteiger partial charge >= 0.3 is 5.97 Å². The van der Waals surface area contributed by atoms with Crippen LogP contribution in [0.5, 0.6) is 0 Å². The lowest BCUT2D eigenvalue weighted by Crippen LogP contribution is -1.88. The third-order valence-electron chi connectivity index (χ3n) is 1.56. The number of carbonyl (C=O) groups is 1. The van der Waals surface area contributed by atoms with Crippen LogP contribution in [0.3, 0.4) is 0 Å². The number of benzene rings is 1. The highest BCUT2D eigenvalue weighted by atomic mass is 79.9. The number of hydrogen-bond donors (Lipinski definition) is 1. The summed E-state index contributed by atoms with van der Waals surface area (Å²) in [7, 11) is 0. The molecule has 70 valence electrons. The molecule has 1 aromatic carbocycles. The van der Waals surface area contributed by atoms with Crippen molar-refractivity contribution in [1.29, 1.82) is 5.26 Å². The van der Waals surface area contributed by atoms with Gasteiger partial charge in [-0.05, 0) is 33.6 Å². The van der Waals surface area contributed by atoms with E-state index in [2.05, 4.69) is 15.9 Å². The van der Waals surface area contributed by atoms with Crippen LogP contribution >= 0.6 is 15.9 Å². The number of carboxylic acid groups (broad SMARTS) is 1. The van der Waals surface area contributed by atoms with E-state index in [1.165, 1.54) is 6.08 Å². The molecule has 4 heteroatoms. The van der Waals surface area contributed by atoms with Crippen molar-refractivity contribution in [1.82, 2.24) is 0 Å². The Hall–Kier alpha value is -1.60. The summed E-state index contributed by atoms with van der Waals surface area (Å²) in [6.07, 6.45) is 2.40. The minimum absolute atomic E-state index is 0.435. The van der Waals surface area contributed by atoms with Gasteiger partial charge in [-0.25, -0.2) is 4.79 Å². The summed E-state index contributed by atoms with van der Waals surface area (Å²) in [6, 6.07) is 7.16. The average Bonchev–Trinajstić information content (AvgIpc) is 2.14. The Bertz CT molecular complexity index is 432. The maximum absolute atomic E-state index is 10.3. The topological polar surface area (TPSA) is 61.1 Å². The third-order valence-corrected chi connectivity index (χ3v) is 2.22. The monoisotopic (exact) mass is 251 g/mol. The molecule has 0 radical (unpaired) electrons. The third kappa shape index (κ3) is 2.44. The summed E-state index contributed by atoms with van der Waals surface area (Å²) in [5.41, 5.74) is 1.02. The number of nitrogens with zero attached hydrogens (tertiary/aromatic N) is 1. The molecule has 0 saturated carbocycles. The fraction of sp³-hybridized carbons (Fsp3) is 0. The highest BCUT2D eigenvalue weighted by molar-refractivity contribution is 9.10. The van der Waals surface area contributed by atoms with Crippen LogP contribution in [0.2, 0.25) is 0 Å². The Kier molecular flexibility index (Phi) is 3.43. The summed E-state index contributed by atoms with van der Waals surface area (Å²) in [5, 5.41) is 17.2. The molecule has 0 aliphatic carbocycles. The van der Waals surface area contributed by atoms with Gasteiger partial charge in [-0.15, -0.1) is 0 Å². The van der Waals surface area contributed by atoms with Crippen molar-refractivity contribution in [3.05, 3.63) is 39.9 Å². The lowest BCUT2D eigenvalue weighted by Gasteiger charge is -1.98. The van der Waals surface area contributed by atoms with Crippen molar-refractivity contribution in [3.8, 4) is 6.07 Å². The van der Waals surface area contributed by atoms with E-state index < -0.39 is 5.97 Å². The Balaban J connectivity index is 3.16. The SMILES string of the molecule is N#Cc1c(Br)cccc1C=CC(=O)O. The van der Waals surface area contributed by atoms with Crippen LogP contribution in [0, 0.1) is 11.3 Å². The number of rotatable bonds is 2. The number of aliphatic carboxylic acids is 1. The standard InChI is InChI=1S/C10H6BrNO2/c11-9-3-1-2-7(8(9)6-12)4-5-10(13)14/h1-5H,(H,13,14). The fourth-order valence-corrected chi connectivity index (χ4v) is 1.43. The zero-order valence-electron chi connectivity index (χ0n) is 7.07. The van der Waals surface area contributed by atoms with E-state index in [4.69, 9.17) is 10.4 Å². The van der Waals surface area contributed by atoms with Crippen molar-refractivity contribution in [3.63, 3.8) is 0 Å². The molecular formula is C10H6BrNO2. The van der Waals surface area contributed by atoms with Gasteiger partial charge < -0.3 is 5.11 Å². The quantitative estimate of drug-likeness (QED) is 0.822. The molecule has 3 nitrogen and oxygen atoms in total. The second-order valence-electron chi connectivity index (χ2n) is 2.49. The van der Waals surface area contributed by atoms with Gasteiger partial charge in [-0.1, -0.05) is 12.1 Å². The molecule has 0 aliphatic heterocycles. The van der Waals surface area contributed by atoms with E-state index in [0.29, 0.717) is 15.6 Å². The van der Waals surface area contributed by atoms with Gasteiger partial charge in [-0.2, -0.15) is 5.26 Å². The van der Waals surface area contributed by atoms with Gasteiger partial charge in [-0.3, -0.25) is 0 Å². The molecule has 0 amide bonds. The summed E-state index contributed by atoms with van der Waals surface area (Å²) >= 11 is 3.21. The lowest BCUT2D eigenvalue weighted by atomic mass is 10.1. The summed E-state index contributed by atoms with van der Waals surface area (Å²) in [6.45, 7) is 0. The molecule has 0 bridgehead atoms. The van der Waals surface area contributed by atoms with Crippen molar-refractivity contribution in [2.24, 2.45) is 0 Å². The Morgan fingerprint density at radius 3 is 2.86 bits per heavy atom. The van der Waals surface area contributed by atoms with Crippen molar-refractivity contribution >= 4 is 28.0 Å². The number of nitriles is 1. The van der Waals surface area contributed by atoms with Crippen LogP contribution in [0.25, 0.3) is 6.08 Å². The van der Waals surface area contributed by atoms with Crippen molar-refractivity contribution in [2.45, 2.75) is 0 Å². The van der Waals surface area contributed by atoms with E-state index in [1.807, 2.05) is 6.07 Å². The number of halogens is 1. The largest absolute Gasteiger partial charge is 0.478 e. The summed E-state index contributed by atoms with van der Waals surface area (Å²) in [5.74, 6) is -1.03. The van der Waals surface area contributed by atoms with Gasteiger partial charge in [0, 0.05) is 10.5 Å². The first-order valence-electron chi connectivity index (χ1n) is 3.75. The van der Waals surface area contributed by atoms with Crippen LogP contribution in [-0.4, -0.2) is 11.1 Å². The van der Waals surface area contributed by atoms with E-state index >= 15 is 0 Å².